The van der Waals surface area contributed by atoms with Gasteiger partial charge in [0.25, 0.3) is 0 Å². The van der Waals surface area contributed by atoms with Gasteiger partial charge in [-0.05, 0) is 36.6 Å². The maximum Gasteiger partial charge on any atom is 0.224 e. The standard InChI is InChI=1S/C18H19ClN2O3/c19-15-12-17-16(23-8-9-24-17)10-13(15)11-18(22)21-7-3-5-14-4-1-2-6-20-14/h1-2,4,6,10,12H,3,5,7-9,11H2,(H,21,22). The van der Waals surface area contributed by atoms with Crippen LogP contribution in [0.25, 0.3) is 0 Å². The second kappa shape index (κ2) is 8.02. The van der Waals surface area contributed by atoms with Crippen molar-refractivity contribution in [1.82, 2.24) is 10.3 Å². The fourth-order valence-electron chi connectivity index (χ4n) is 2.52. The van der Waals surface area contributed by atoms with Crippen LogP contribution in [0.15, 0.2) is 36.5 Å². The van der Waals surface area contributed by atoms with Crippen LogP contribution in [0.1, 0.15) is 17.7 Å². The minimum Gasteiger partial charge on any atom is -0.486 e. The van der Waals surface area contributed by atoms with E-state index in [1.807, 2.05) is 18.2 Å². The molecule has 2 aromatic rings. The van der Waals surface area contributed by atoms with Crippen LogP contribution < -0.4 is 14.8 Å². The van der Waals surface area contributed by atoms with Crippen LogP contribution in [0.3, 0.4) is 0 Å². The van der Waals surface area contributed by atoms with Crippen LogP contribution in [0.2, 0.25) is 5.02 Å². The number of hydrogen-bond donors (Lipinski definition) is 1. The topological polar surface area (TPSA) is 60.5 Å². The molecule has 0 unspecified atom stereocenters. The Hall–Kier alpha value is -2.27. The van der Waals surface area contributed by atoms with Crippen molar-refractivity contribution in [1.29, 1.82) is 0 Å². The molecule has 0 saturated carbocycles. The van der Waals surface area contributed by atoms with Crippen LogP contribution in [0, 0.1) is 0 Å². The van der Waals surface area contributed by atoms with Crippen molar-refractivity contribution in [3.8, 4) is 11.5 Å². The lowest BCUT2D eigenvalue weighted by Crippen LogP contribution is -2.26. The number of hydrogen-bond acceptors (Lipinski definition) is 4. The fraction of sp³-hybridized carbons (Fsp3) is 0.333. The lowest BCUT2D eigenvalue weighted by atomic mass is 10.1. The predicted octanol–water partition coefficient (Wildman–Crippen LogP) is 2.80. The van der Waals surface area contributed by atoms with Crippen LogP contribution in [-0.4, -0.2) is 30.6 Å². The highest BCUT2D eigenvalue weighted by atomic mass is 35.5. The highest BCUT2D eigenvalue weighted by Gasteiger charge is 2.16. The van der Waals surface area contributed by atoms with Crippen molar-refractivity contribution in [2.24, 2.45) is 0 Å². The minimum absolute atomic E-state index is 0.0606. The quantitative estimate of drug-likeness (QED) is 0.817. The predicted molar refractivity (Wildman–Crippen MR) is 91.7 cm³/mol. The molecule has 1 aliphatic rings. The molecule has 0 fully saturated rings. The van der Waals surface area contributed by atoms with Gasteiger partial charge in [0.1, 0.15) is 13.2 Å². The molecule has 0 bridgehead atoms. The van der Waals surface area contributed by atoms with E-state index in [1.54, 1.807) is 18.3 Å². The Morgan fingerprint density at radius 3 is 2.75 bits per heavy atom. The van der Waals surface area contributed by atoms with Gasteiger partial charge < -0.3 is 14.8 Å². The first-order valence-electron chi connectivity index (χ1n) is 7.97. The lowest BCUT2D eigenvalue weighted by Gasteiger charge is -2.19. The summed E-state index contributed by atoms with van der Waals surface area (Å²) in [5, 5.41) is 3.43. The van der Waals surface area contributed by atoms with Crippen LogP contribution in [0.4, 0.5) is 0 Å². The molecule has 3 rings (SSSR count). The van der Waals surface area contributed by atoms with Crippen LogP contribution >= 0.6 is 11.6 Å². The average Bonchev–Trinajstić information content (AvgIpc) is 2.60. The molecule has 0 radical (unpaired) electrons. The van der Waals surface area contributed by atoms with Crippen molar-refractivity contribution < 1.29 is 14.3 Å². The van der Waals surface area contributed by atoms with E-state index in [0.29, 0.717) is 36.3 Å². The monoisotopic (exact) mass is 346 g/mol. The zero-order valence-corrected chi connectivity index (χ0v) is 14.0. The molecule has 1 aliphatic heterocycles. The summed E-state index contributed by atoms with van der Waals surface area (Å²) in [4.78, 5) is 16.3. The SMILES string of the molecule is O=C(Cc1cc2c(cc1Cl)OCCO2)NCCCc1ccccn1. The molecule has 126 valence electrons. The smallest absolute Gasteiger partial charge is 0.224 e. The Kier molecular flexibility index (Phi) is 5.54. The molecule has 1 aromatic carbocycles. The zero-order chi connectivity index (χ0) is 16.8. The molecule has 0 aliphatic carbocycles. The van der Waals surface area contributed by atoms with Gasteiger partial charge in [0.2, 0.25) is 5.91 Å². The third kappa shape index (κ3) is 4.38. The number of ether oxygens (including phenoxy) is 2. The second-order valence-corrected chi connectivity index (χ2v) is 5.95. The van der Waals surface area contributed by atoms with E-state index in [4.69, 9.17) is 21.1 Å². The normalized spacial score (nSPS) is 12.7. The van der Waals surface area contributed by atoms with Gasteiger partial charge in [-0.15, -0.1) is 0 Å². The second-order valence-electron chi connectivity index (χ2n) is 5.54. The Labute approximate surface area is 145 Å². The Bertz CT molecular complexity index is 707. The number of amides is 1. The summed E-state index contributed by atoms with van der Waals surface area (Å²) in [5.74, 6) is 1.21. The number of nitrogens with one attached hydrogen (secondary N) is 1. The summed E-state index contributed by atoms with van der Waals surface area (Å²) < 4.78 is 11.0. The summed E-state index contributed by atoms with van der Waals surface area (Å²) in [5.41, 5.74) is 1.77. The van der Waals surface area contributed by atoms with Gasteiger partial charge in [-0.25, -0.2) is 0 Å². The molecule has 1 aromatic heterocycles. The summed E-state index contributed by atoms with van der Waals surface area (Å²) in [7, 11) is 0. The molecule has 0 spiro atoms. The number of fused-ring (bicyclic) bond motifs is 1. The molecule has 24 heavy (non-hydrogen) atoms. The van der Waals surface area contributed by atoms with Crippen molar-refractivity contribution in [2.75, 3.05) is 19.8 Å². The number of aromatic nitrogens is 1. The Balaban J connectivity index is 1.48. The summed E-state index contributed by atoms with van der Waals surface area (Å²) in [6.07, 6.45) is 3.68. The highest BCUT2D eigenvalue weighted by molar-refractivity contribution is 6.31. The lowest BCUT2D eigenvalue weighted by molar-refractivity contribution is -0.120. The largest absolute Gasteiger partial charge is 0.486 e. The van der Waals surface area contributed by atoms with Gasteiger partial charge in [-0.1, -0.05) is 17.7 Å². The van der Waals surface area contributed by atoms with E-state index in [0.717, 1.165) is 24.1 Å². The third-order valence-electron chi connectivity index (χ3n) is 3.72. The molecule has 0 atom stereocenters. The third-order valence-corrected chi connectivity index (χ3v) is 4.07. The number of aryl methyl sites for hydroxylation is 1. The van der Waals surface area contributed by atoms with Crippen LogP contribution in [0.5, 0.6) is 11.5 Å². The number of pyridine rings is 1. The molecule has 1 N–H and O–H groups in total. The van der Waals surface area contributed by atoms with Crippen LogP contribution in [-0.2, 0) is 17.6 Å². The van der Waals surface area contributed by atoms with Gasteiger partial charge in [-0.3, -0.25) is 9.78 Å². The maximum absolute atomic E-state index is 12.1. The average molecular weight is 347 g/mol. The molecular weight excluding hydrogens is 328 g/mol. The number of halogens is 1. The van der Waals surface area contributed by atoms with E-state index in [1.165, 1.54) is 0 Å². The molecule has 5 nitrogen and oxygen atoms in total. The number of benzene rings is 1. The first-order chi connectivity index (χ1) is 11.7. The molecular formula is C18H19ClN2O3. The van der Waals surface area contributed by atoms with E-state index in [9.17, 15) is 4.79 Å². The molecule has 2 heterocycles. The zero-order valence-electron chi connectivity index (χ0n) is 13.3. The van der Waals surface area contributed by atoms with E-state index >= 15 is 0 Å². The highest BCUT2D eigenvalue weighted by Crippen LogP contribution is 2.35. The van der Waals surface area contributed by atoms with Crippen molar-refractivity contribution in [3.05, 3.63) is 52.8 Å². The van der Waals surface area contributed by atoms with Gasteiger partial charge in [0.15, 0.2) is 11.5 Å². The summed E-state index contributed by atoms with van der Waals surface area (Å²) >= 11 is 6.22. The van der Waals surface area contributed by atoms with Gasteiger partial charge >= 0.3 is 0 Å². The summed E-state index contributed by atoms with van der Waals surface area (Å²) in [6, 6.07) is 9.33. The number of nitrogens with zero attached hydrogens (tertiary/aromatic N) is 1. The van der Waals surface area contributed by atoms with E-state index in [-0.39, 0.29) is 12.3 Å². The van der Waals surface area contributed by atoms with Crippen molar-refractivity contribution >= 4 is 17.5 Å². The van der Waals surface area contributed by atoms with Gasteiger partial charge in [-0.2, -0.15) is 0 Å². The molecule has 6 heteroatoms. The van der Waals surface area contributed by atoms with Gasteiger partial charge in [0, 0.05) is 29.5 Å². The number of carbonyl (C=O) groups is 1. The first-order valence-corrected chi connectivity index (χ1v) is 8.35. The van der Waals surface area contributed by atoms with Crippen molar-refractivity contribution in [2.45, 2.75) is 19.3 Å². The van der Waals surface area contributed by atoms with Crippen molar-refractivity contribution in [3.63, 3.8) is 0 Å². The minimum atomic E-state index is -0.0606. The van der Waals surface area contributed by atoms with E-state index < -0.39 is 0 Å². The maximum atomic E-state index is 12.1. The summed E-state index contributed by atoms with van der Waals surface area (Å²) in [6.45, 7) is 1.63. The van der Waals surface area contributed by atoms with E-state index in [2.05, 4.69) is 10.3 Å². The molecule has 0 saturated heterocycles. The number of carbonyl (C=O) groups excluding carboxylic acids is 1. The van der Waals surface area contributed by atoms with Gasteiger partial charge in [0.05, 0.1) is 6.42 Å². The first kappa shape index (κ1) is 16.6. The Morgan fingerprint density at radius 1 is 1.21 bits per heavy atom. The molecule has 1 amide bonds. The number of rotatable bonds is 6. The fourth-order valence-corrected chi connectivity index (χ4v) is 2.74. The Morgan fingerprint density at radius 2 is 2.00 bits per heavy atom.